The second-order valence-electron chi connectivity index (χ2n) is 6.07. The lowest BCUT2D eigenvalue weighted by molar-refractivity contribution is -0.120. The quantitative estimate of drug-likeness (QED) is 0.701. The van der Waals surface area contributed by atoms with Gasteiger partial charge in [0, 0.05) is 19.1 Å². The molecule has 3 amide bonds. The number of halogens is 1. The summed E-state index contributed by atoms with van der Waals surface area (Å²) in [6.07, 6.45) is 3.55. The lowest BCUT2D eigenvalue weighted by Gasteiger charge is -2.17. The molecule has 0 unspecified atom stereocenters. The molecule has 0 spiro atoms. The predicted octanol–water partition coefficient (Wildman–Crippen LogP) is 1.97. The van der Waals surface area contributed by atoms with E-state index in [1.54, 1.807) is 12.1 Å². The van der Waals surface area contributed by atoms with Crippen LogP contribution < -0.4 is 16.0 Å². The molecule has 0 aromatic heterocycles. The van der Waals surface area contributed by atoms with Crippen LogP contribution in [-0.4, -0.2) is 31.1 Å². The minimum atomic E-state index is -0.319. The van der Waals surface area contributed by atoms with Crippen molar-refractivity contribution in [1.29, 1.82) is 0 Å². The topological polar surface area (TPSA) is 70.2 Å². The number of urea groups is 1. The molecule has 1 saturated carbocycles. The average molecular weight is 321 g/mol. The second kappa shape index (κ2) is 8.50. The Morgan fingerprint density at radius 1 is 1.13 bits per heavy atom. The summed E-state index contributed by atoms with van der Waals surface area (Å²) in [5.74, 6) is 0.0559. The molecular weight excluding hydrogens is 297 g/mol. The van der Waals surface area contributed by atoms with Crippen LogP contribution in [0.3, 0.4) is 0 Å². The Balaban J connectivity index is 1.58. The molecule has 0 saturated heterocycles. The van der Waals surface area contributed by atoms with E-state index in [0.717, 1.165) is 24.8 Å². The van der Waals surface area contributed by atoms with Gasteiger partial charge in [-0.05, 0) is 36.5 Å². The normalized spacial score (nSPS) is 20.1. The Kier molecular flexibility index (Phi) is 6.38. The molecule has 5 nitrogen and oxygen atoms in total. The van der Waals surface area contributed by atoms with Crippen LogP contribution in [0, 0.1) is 11.7 Å². The number of amides is 3. The molecule has 1 aliphatic rings. The molecular formula is C17H24FN3O2. The standard InChI is InChI=1S/C17H24FN3O2/c1-12-3-2-4-15(12)21-17(23)20-10-9-19-16(22)11-13-5-7-14(18)8-6-13/h5-8,12,15H,2-4,9-11H2,1H3,(H,19,22)(H2,20,21,23)/t12-,15-/m0/s1. The smallest absolute Gasteiger partial charge is 0.315 e. The van der Waals surface area contributed by atoms with Crippen molar-refractivity contribution in [2.45, 2.75) is 38.6 Å². The highest BCUT2D eigenvalue weighted by molar-refractivity contribution is 5.78. The lowest BCUT2D eigenvalue weighted by atomic mass is 10.1. The fourth-order valence-corrected chi connectivity index (χ4v) is 2.81. The van der Waals surface area contributed by atoms with E-state index in [2.05, 4.69) is 22.9 Å². The largest absolute Gasteiger partial charge is 0.354 e. The highest BCUT2D eigenvalue weighted by Crippen LogP contribution is 2.24. The highest BCUT2D eigenvalue weighted by atomic mass is 19.1. The molecule has 3 N–H and O–H groups in total. The van der Waals surface area contributed by atoms with Gasteiger partial charge in [0.15, 0.2) is 0 Å². The van der Waals surface area contributed by atoms with Gasteiger partial charge in [-0.15, -0.1) is 0 Å². The van der Waals surface area contributed by atoms with Crippen LogP contribution in [0.25, 0.3) is 0 Å². The summed E-state index contributed by atoms with van der Waals surface area (Å²) in [4.78, 5) is 23.5. The minimum Gasteiger partial charge on any atom is -0.354 e. The van der Waals surface area contributed by atoms with E-state index in [9.17, 15) is 14.0 Å². The third-order valence-electron chi connectivity index (χ3n) is 4.19. The SMILES string of the molecule is C[C@H]1CCC[C@@H]1NC(=O)NCCNC(=O)Cc1ccc(F)cc1. The van der Waals surface area contributed by atoms with Gasteiger partial charge < -0.3 is 16.0 Å². The monoisotopic (exact) mass is 321 g/mol. The van der Waals surface area contributed by atoms with Gasteiger partial charge in [-0.25, -0.2) is 9.18 Å². The molecule has 0 aliphatic heterocycles. The third kappa shape index (κ3) is 5.88. The molecule has 0 bridgehead atoms. The van der Waals surface area contributed by atoms with Gasteiger partial charge in [-0.3, -0.25) is 4.79 Å². The maximum atomic E-state index is 12.8. The first-order chi connectivity index (χ1) is 11.0. The van der Waals surface area contributed by atoms with Gasteiger partial charge in [-0.2, -0.15) is 0 Å². The van der Waals surface area contributed by atoms with Crippen LogP contribution in [-0.2, 0) is 11.2 Å². The number of carbonyl (C=O) groups excluding carboxylic acids is 2. The summed E-state index contributed by atoms with van der Waals surface area (Å²) in [5.41, 5.74) is 0.754. The summed E-state index contributed by atoms with van der Waals surface area (Å²) in [6, 6.07) is 5.91. The molecule has 0 heterocycles. The molecule has 126 valence electrons. The van der Waals surface area contributed by atoms with Gasteiger partial charge >= 0.3 is 6.03 Å². The molecule has 1 aliphatic carbocycles. The van der Waals surface area contributed by atoms with Gasteiger partial charge in [0.2, 0.25) is 5.91 Å². The lowest BCUT2D eigenvalue weighted by Crippen LogP contribution is -2.45. The second-order valence-corrected chi connectivity index (χ2v) is 6.07. The fraction of sp³-hybridized carbons (Fsp3) is 0.529. The Hall–Kier alpha value is -2.11. The van der Waals surface area contributed by atoms with Crippen molar-refractivity contribution in [1.82, 2.24) is 16.0 Å². The number of rotatable bonds is 6. The fourth-order valence-electron chi connectivity index (χ4n) is 2.81. The van der Waals surface area contributed by atoms with Crippen molar-refractivity contribution >= 4 is 11.9 Å². The van der Waals surface area contributed by atoms with Crippen LogP contribution in [0.4, 0.5) is 9.18 Å². The number of carbonyl (C=O) groups is 2. The zero-order valence-electron chi connectivity index (χ0n) is 13.4. The predicted molar refractivity (Wildman–Crippen MR) is 86.5 cm³/mol. The van der Waals surface area contributed by atoms with Gasteiger partial charge in [-0.1, -0.05) is 25.5 Å². The van der Waals surface area contributed by atoms with Crippen molar-refractivity contribution in [2.24, 2.45) is 5.92 Å². The molecule has 1 aromatic carbocycles. The van der Waals surface area contributed by atoms with Crippen LogP contribution in [0.5, 0.6) is 0 Å². The molecule has 6 heteroatoms. The van der Waals surface area contributed by atoms with Crippen LogP contribution in [0.2, 0.25) is 0 Å². The first-order valence-corrected chi connectivity index (χ1v) is 8.10. The average Bonchev–Trinajstić information content (AvgIpc) is 2.91. The van der Waals surface area contributed by atoms with Crippen LogP contribution in [0.15, 0.2) is 24.3 Å². The maximum absolute atomic E-state index is 12.8. The van der Waals surface area contributed by atoms with Crippen molar-refractivity contribution in [3.05, 3.63) is 35.6 Å². The summed E-state index contributed by atoms with van der Waals surface area (Å²) in [5, 5.41) is 8.43. The zero-order valence-corrected chi connectivity index (χ0v) is 13.4. The summed E-state index contributed by atoms with van der Waals surface area (Å²) < 4.78 is 12.8. The maximum Gasteiger partial charge on any atom is 0.315 e. The Bertz CT molecular complexity index is 533. The van der Waals surface area contributed by atoms with E-state index in [4.69, 9.17) is 0 Å². The number of hydrogen-bond donors (Lipinski definition) is 3. The van der Waals surface area contributed by atoms with Crippen molar-refractivity contribution in [3.63, 3.8) is 0 Å². The molecule has 0 radical (unpaired) electrons. The number of benzene rings is 1. The Morgan fingerprint density at radius 3 is 2.48 bits per heavy atom. The van der Waals surface area contributed by atoms with Crippen molar-refractivity contribution < 1.29 is 14.0 Å². The summed E-state index contributed by atoms with van der Waals surface area (Å²) in [6.45, 7) is 2.89. The first kappa shape index (κ1) is 17.2. The summed E-state index contributed by atoms with van der Waals surface area (Å²) in [7, 11) is 0. The third-order valence-corrected chi connectivity index (χ3v) is 4.19. The van der Waals surface area contributed by atoms with E-state index in [1.807, 2.05) is 0 Å². The van der Waals surface area contributed by atoms with Crippen molar-refractivity contribution in [2.75, 3.05) is 13.1 Å². The van der Waals surface area contributed by atoms with E-state index in [0.29, 0.717) is 19.0 Å². The van der Waals surface area contributed by atoms with Gasteiger partial charge in [0.1, 0.15) is 5.82 Å². The first-order valence-electron chi connectivity index (χ1n) is 8.10. The number of hydrogen-bond acceptors (Lipinski definition) is 2. The summed E-state index contributed by atoms with van der Waals surface area (Å²) >= 11 is 0. The van der Waals surface area contributed by atoms with Crippen LogP contribution in [0.1, 0.15) is 31.7 Å². The van der Waals surface area contributed by atoms with E-state index < -0.39 is 0 Å². The molecule has 1 aromatic rings. The highest BCUT2D eigenvalue weighted by Gasteiger charge is 2.24. The van der Waals surface area contributed by atoms with Gasteiger partial charge in [0.25, 0.3) is 0 Å². The zero-order chi connectivity index (χ0) is 16.7. The minimum absolute atomic E-state index is 0.150. The van der Waals surface area contributed by atoms with Gasteiger partial charge in [0.05, 0.1) is 6.42 Å². The Labute approximate surface area is 136 Å². The number of nitrogens with one attached hydrogen (secondary N) is 3. The van der Waals surface area contributed by atoms with E-state index >= 15 is 0 Å². The molecule has 2 rings (SSSR count). The van der Waals surface area contributed by atoms with E-state index in [1.165, 1.54) is 12.1 Å². The van der Waals surface area contributed by atoms with Crippen LogP contribution >= 0.6 is 0 Å². The molecule has 23 heavy (non-hydrogen) atoms. The Morgan fingerprint density at radius 2 is 1.83 bits per heavy atom. The molecule has 1 fully saturated rings. The van der Waals surface area contributed by atoms with Crippen molar-refractivity contribution in [3.8, 4) is 0 Å². The van der Waals surface area contributed by atoms with E-state index in [-0.39, 0.29) is 30.2 Å². The molecule has 2 atom stereocenters.